The number of amides is 1. The van der Waals surface area contributed by atoms with E-state index in [-0.39, 0.29) is 17.4 Å². The molecule has 1 amide bonds. The van der Waals surface area contributed by atoms with Gasteiger partial charge in [-0.3, -0.25) is 14.6 Å². The van der Waals surface area contributed by atoms with Gasteiger partial charge in [-0.05, 0) is 62.6 Å². The van der Waals surface area contributed by atoms with Crippen molar-refractivity contribution in [2.45, 2.75) is 39.2 Å². The van der Waals surface area contributed by atoms with Gasteiger partial charge in [0.25, 0.3) is 11.5 Å². The number of ether oxygens (including phenoxy) is 1. The van der Waals surface area contributed by atoms with Crippen molar-refractivity contribution in [3.8, 4) is 17.3 Å². The van der Waals surface area contributed by atoms with Crippen LogP contribution in [0.1, 0.15) is 36.1 Å². The van der Waals surface area contributed by atoms with Crippen LogP contribution in [0.25, 0.3) is 11.5 Å². The van der Waals surface area contributed by atoms with Gasteiger partial charge in [0, 0.05) is 31.3 Å². The third-order valence-electron chi connectivity index (χ3n) is 5.73. The molecule has 3 aromatic rings. The van der Waals surface area contributed by atoms with Crippen LogP contribution in [0.3, 0.4) is 0 Å². The average Bonchev–Trinajstić information content (AvgIpc) is 3.26. The van der Waals surface area contributed by atoms with Crippen molar-refractivity contribution in [2.75, 3.05) is 13.1 Å². The lowest BCUT2D eigenvalue weighted by Gasteiger charge is -2.22. The Bertz CT molecular complexity index is 1140. The zero-order valence-corrected chi connectivity index (χ0v) is 18.0. The fourth-order valence-corrected chi connectivity index (χ4v) is 3.81. The number of nitrogens with one attached hydrogen (secondary N) is 1. The van der Waals surface area contributed by atoms with Crippen LogP contribution >= 0.6 is 0 Å². The molecule has 1 fully saturated rings. The van der Waals surface area contributed by atoms with Crippen LogP contribution in [0, 0.1) is 13.8 Å². The molecule has 0 aliphatic carbocycles. The van der Waals surface area contributed by atoms with E-state index in [2.05, 4.69) is 15.0 Å². The molecule has 7 heteroatoms. The molecule has 4 rings (SSSR count). The fraction of sp³-hybridized carbons (Fsp3) is 0.333. The predicted molar refractivity (Wildman–Crippen MR) is 118 cm³/mol. The van der Waals surface area contributed by atoms with E-state index in [1.54, 1.807) is 24.1 Å². The monoisotopic (exact) mass is 418 g/mol. The SMILES string of the molecule is Cc1ccc(O[C@@H](C)C(=O)N2CC[C@@H](c3cc(=O)[nH]c(-c4ccccn4)n3)C2)cc1C. The average molecular weight is 418 g/mol. The Hall–Kier alpha value is -3.48. The highest BCUT2D eigenvalue weighted by molar-refractivity contribution is 5.81. The summed E-state index contributed by atoms with van der Waals surface area (Å²) in [6.07, 6.45) is 1.83. The first kappa shape index (κ1) is 20.8. The van der Waals surface area contributed by atoms with Crippen molar-refractivity contribution in [3.63, 3.8) is 0 Å². The van der Waals surface area contributed by atoms with Crippen LogP contribution in [0.15, 0.2) is 53.5 Å². The molecule has 0 saturated carbocycles. The van der Waals surface area contributed by atoms with Crippen molar-refractivity contribution in [2.24, 2.45) is 0 Å². The van der Waals surface area contributed by atoms with E-state index in [4.69, 9.17) is 4.74 Å². The van der Waals surface area contributed by atoms with Crippen LogP contribution in [0.4, 0.5) is 0 Å². The molecular weight excluding hydrogens is 392 g/mol. The smallest absolute Gasteiger partial charge is 0.263 e. The van der Waals surface area contributed by atoms with Gasteiger partial charge in [0.15, 0.2) is 11.9 Å². The number of aromatic nitrogens is 3. The van der Waals surface area contributed by atoms with E-state index in [1.165, 1.54) is 11.6 Å². The standard InChI is InChI=1S/C24H26N4O3/c1-15-7-8-19(12-16(15)2)31-17(3)24(30)28-11-9-18(14-28)21-13-22(29)27-23(26-21)20-6-4-5-10-25-20/h4-8,10,12-13,17-18H,9,11,14H2,1-3H3,(H,26,27,29)/t17-,18+/m0/s1. The van der Waals surface area contributed by atoms with Crippen LogP contribution in [-0.2, 0) is 4.79 Å². The molecule has 0 radical (unpaired) electrons. The minimum atomic E-state index is -0.586. The Labute approximate surface area is 181 Å². The van der Waals surface area contributed by atoms with Gasteiger partial charge in [-0.25, -0.2) is 4.98 Å². The number of aryl methyl sites for hydroxylation is 2. The Morgan fingerprint density at radius 3 is 2.77 bits per heavy atom. The van der Waals surface area contributed by atoms with Crippen molar-refractivity contribution in [1.82, 2.24) is 19.9 Å². The van der Waals surface area contributed by atoms with E-state index >= 15 is 0 Å². The summed E-state index contributed by atoms with van der Waals surface area (Å²) >= 11 is 0. The maximum absolute atomic E-state index is 12.9. The van der Waals surface area contributed by atoms with E-state index in [0.29, 0.717) is 36.1 Å². The van der Waals surface area contributed by atoms with E-state index in [1.807, 2.05) is 44.2 Å². The van der Waals surface area contributed by atoms with Gasteiger partial charge in [-0.2, -0.15) is 0 Å². The predicted octanol–water partition coefficient (Wildman–Crippen LogP) is 3.23. The normalized spacial score (nSPS) is 16.9. The second-order valence-corrected chi connectivity index (χ2v) is 8.01. The summed E-state index contributed by atoms with van der Waals surface area (Å²) in [5.74, 6) is 1.08. The zero-order chi connectivity index (χ0) is 22.0. The van der Waals surface area contributed by atoms with Gasteiger partial charge < -0.3 is 14.6 Å². The van der Waals surface area contributed by atoms with Crippen LogP contribution < -0.4 is 10.3 Å². The number of aromatic amines is 1. The molecule has 1 aromatic carbocycles. The molecule has 2 atom stereocenters. The third-order valence-corrected chi connectivity index (χ3v) is 5.73. The lowest BCUT2D eigenvalue weighted by atomic mass is 10.0. The second-order valence-electron chi connectivity index (χ2n) is 8.01. The molecule has 1 aliphatic heterocycles. The summed E-state index contributed by atoms with van der Waals surface area (Å²) in [6, 6.07) is 12.8. The Balaban J connectivity index is 1.45. The third kappa shape index (κ3) is 4.66. The molecule has 0 bridgehead atoms. The van der Waals surface area contributed by atoms with Gasteiger partial charge in [0.2, 0.25) is 0 Å². The van der Waals surface area contributed by atoms with E-state index in [9.17, 15) is 9.59 Å². The molecule has 1 N–H and O–H groups in total. The highest BCUT2D eigenvalue weighted by atomic mass is 16.5. The quantitative estimate of drug-likeness (QED) is 0.687. The zero-order valence-electron chi connectivity index (χ0n) is 18.0. The van der Waals surface area contributed by atoms with Gasteiger partial charge in [-0.1, -0.05) is 12.1 Å². The summed E-state index contributed by atoms with van der Waals surface area (Å²) < 4.78 is 5.89. The molecule has 7 nitrogen and oxygen atoms in total. The number of nitrogens with zero attached hydrogens (tertiary/aromatic N) is 3. The first-order valence-electron chi connectivity index (χ1n) is 10.5. The maximum Gasteiger partial charge on any atom is 0.263 e. The lowest BCUT2D eigenvalue weighted by molar-refractivity contribution is -0.136. The minimum absolute atomic E-state index is 0.00234. The van der Waals surface area contributed by atoms with Gasteiger partial charge >= 0.3 is 0 Å². The van der Waals surface area contributed by atoms with Crippen molar-refractivity contribution in [3.05, 3.63) is 75.8 Å². The summed E-state index contributed by atoms with van der Waals surface area (Å²) in [4.78, 5) is 38.6. The Kier molecular flexibility index (Phi) is 5.84. The number of pyridine rings is 1. The van der Waals surface area contributed by atoms with Crippen molar-refractivity contribution < 1.29 is 9.53 Å². The molecule has 1 saturated heterocycles. The molecule has 1 aliphatic rings. The highest BCUT2D eigenvalue weighted by Crippen LogP contribution is 2.27. The molecule has 0 spiro atoms. The van der Waals surface area contributed by atoms with Crippen LogP contribution in [-0.4, -0.2) is 45.0 Å². The Morgan fingerprint density at radius 1 is 1.19 bits per heavy atom. The van der Waals surface area contributed by atoms with Crippen LogP contribution in [0.2, 0.25) is 0 Å². The number of H-pyrrole nitrogens is 1. The first-order valence-corrected chi connectivity index (χ1v) is 10.5. The molecular formula is C24H26N4O3. The molecule has 3 heterocycles. The molecule has 31 heavy (non-hydrogen) atoms. The summed E-state index contributed by atoms with van der Waals surface area (Å²) in [5, 5.41) is 0. The fourth-order valence-electron chi connectivity index (χ4n) is 3.81. The van der Waals surface area contributed by atoms with Crippen molar-refractivity contribution >= 4 is 5.91 Å². The largest absolute Gasteiger partial charge is 0.481 e. The van der Waals surface area contributed by atoms with Gasteiger partial charge in [0.1, 0.15) is 11.4 Å². The number of carbonyl (C=O) groups excluding carboxylic acids is 1. The molecule has 2 aromatic heterocycles. The maximum atomic E-state index is 12.9. The highest BCUT2D eigenvalue weighted by Gasteiger charge is 2.32. The van der Waals surface area contributed by atoms with E-state index < -0.39 is 6.10 Å². The number of hydrogen-bond donors (Lipinski definition) is 1. The summed E-state index contributed by atoms with van der Waals surface area (Å²) in [7, 11) is 0. The summed E-state index contributed by atoms with van der Waals surface area (Å²) in [6.45, 7) is 6.96. The number of benzene rings is 1. The van der Waals surface area contributed by atoms with Crippen molar-refractivity contribution in [1.29, 1.82) is 0 Å². The van der Waals surface area contributed by atoms with E-state index in [0.717, 1.165) is 12.0 Å². The first-order chi connectivity index (χ1) is 14.9. The number of likely N-dealkylation sites (tertiary alicyclic amines) is 1. The number of hydrogen-bond acceptors (Lipinski definition) is 5. The number of carbonyl (C=O) groups is 1. The summed E-state index contributed by atoms with van der Waals surface area (Å²) in [5.41, 5.74) is 3.39. The van der Waals surface area contributed by atoms with Crippen LogP contribution in [0.5, 0.6) is 5.75 Å². The molecule has 0 unspecified atom stereocenters. The lowest BCUT2D eigenvalue weighted by Crippen LogP contribution is -2.39. The topological polar surface area (TPSA) is 88.2 Å². The van der Waals surface area contributed by atoms with Gasteiger partial charge in [0.05, 0.1) is 5.69 Å². The Morgan fingerprint density at radius 2 is 2.03 bits per heavy atom. The molecule has 160 valence electrons. The minimum Gasteiger partial charge on any atom is -0.481 e. The second kappa shape index (κ2) is 8.71. The van der Waals surface area contributed by atoms with Gasteiger partial charge in [-0.15, -0.1) is 0 Å². The number of rotatable bonds is 5.